The van der Waals surface area contributed by atoms with E-state index in [9.17, 15) is 17.6 Å². The Morgan fingerprint density at radius 3 is 2.27 bits per heavy atom. The number of piperidine rings is 1. The number of likely N-dealkylation sites (tertiary alicyclic amines) is 1. The first-order valence-electron chi connectivity index (χ1n) is 7.46. The van der Waals surface area contributed by atoms with Crippen molar-refractivity contribution in [3.05, 3.63) is 34.8 Å². The first kappa shape index (κ1) is 17.1. The molecule has 0 atom stereocenters. The largest absolute Gasteiger partial charge is 0.418 e. The zero-order valence-corrected chi connectivity index (χ0v) is 13.2. The lowest BCUT2D eigenvalue weighted by Gasteiger charge is -2.38. The van der Waals surface area contributed by atoms with E-state index in [2.05, 4.69) is 4.90 Å². The number of nitrogens with zero attached hydrogens (tertiary/aromatic N) is 2. The average Bonchev–Trinajstić information content (AvgIpc) is 2.56. The monoisotopic (exact) mass is 318 g/mol. The SMILES string of the molecule is CC1=CC(F)=C(N2CCC(N(C)C)CC2)C(C(F)(F)F)=CC1. The summed E-state index contributed by atoms with van der Waals surface area (Å²) >= 11 is 0. The summed E-state index contributed by atoms with van der Waals surface area (Å²) in [5.41, 5.74) is -0.541. The Kier molecular flexibility index (Phi) is 5.00. The molecule has 2 rings (SSSR count). The fraction of sp³-hybridized carbons (Fsp3) is 0.625. The normalized spacial score (nSPS) is 21.9. The van der Waals surface area contributed by atoms with Crippen LogP contribution in [0.2, 0.25) is 0 Å². The highest BCUT2D eigenvalue weighted by molar-refractivity contribution is 5.43. The maximum Gasteiger partial charge on any atom is 0.418 e. The van der Waals surface area contributed by atoms with Gasteiger partial charge in [-0.25, -0.2) is 4.39 Å². The smallest absolute Gasteiger partial charge is 0.369 e. The van der Waals surface area contributed by atoms with Crippen LogP contribution in [0.1, 0.15) is 26.2 Å². The molecule has 0 unspecified atom stereocenters. The minimum atomic E-state index is -4.54. The molecular weight excluding hydrogens is 296 g/mol. The zero-order chi connectivity index (χ0) is 16.5. The number of alkyl halides is 3. The first-order chi connectivity index (χ1) is 10.2. The number of rotatable bonds is 2. The number of hydrogen-bond donors (Lipinski definition) is 0. The Morgan fingerprint density at radius 1 is 1.18 bits per heavy atom. The van der Waals surface area contributed by atoms with E-state index >= 15 is 0 Å². The maximum atomic E-state index is 14.4. The summed E-state index contributed by atoms with van der Waals surface area (Å²) in [6.07, 6.45) is -0.618. The highest BCUT2D eigenvalue weighted by Crippen LogP contribution is 2.39. The molecule has 1 aliphatic heterocycles. The molecule has 1 aliphatic carbocycles. The van der Waals surface area contributed by atoms with Crippen LogP contribution in [0.5, 0.6) is 0 Å². The summed E-state index contributed by atoms with van der Waals surface area (Å²) in [5, 5.41) is 0. The van der Waals surface area contributed by atoms with Gasteiger partial charge in [0.25, 0.3) is 0 Å². The van der Waals surface area contributed by atoms with Gasteiger partial charge in [0.1, 0.15) is 5.83 Å². The van der Waals surface area contributed by atoms with Crippen LogP contribution in [0.3, 0.4) is 0 Å². The van der Waals surface area contributed by atoms with Gasteiger partial charge in [-0.3, -0.25) is 0 Å². The Hall–Kier alpha value is -1.30. The molecule has 0 radical (unpaired) electrons. The van der Waals surface area contributed by atoms with Gasteiger partial charge >= 0.3 is 6.18 Å². The summed E-state index contributed by atoms with van der Waals surface area (Å²) < 4.78 is 54.3. The van der Waals surface area contributed by atoms with Gasteiger partial charge in [0.15, 0.2) is 0 Å². The van der Waals surface area contributed by atoms with Gasteiger partial charge in [-0.05, 0) is 46.4 Å². The quantitative estimate of drug-likeness (QED) is 0.709. The van der Waals surface area contributed by atoms with Crippen LogP contribution in [0.15, 0.2) is 34.8 Å². The highest BCUT2D eigenvalue weighted by atomic mass is 19.4. The van der Waals surface area contributed by atoms with E-state index in [-0.39, 0.29) is 12.1 Å². The van der Waals surface area contributed by atoms with Crippen LogP contribution in [-0.4, -0.2) is 49.2 Å². The van der Waals surface area contributed by atoms with Gasteiger partial charge in [0.05, 0.1) is 11.3 Å². The Morgan fingerprint density at radius 2 is 1.77 bits per heavy atom. The second-order valence-corrected chi connectivity index (χ2v) is 6.19. The number of halogens is 4. The molecule has 0 aromatic carbocycles. The second kappa shape index (κ2) is 6.44. The third-order valence-corrected chi connectivity index (χ3v) is 4.30. The molecule has 6 heteroatoms. The van der Waals surface area contributed by atoms with E-state index in [4.69, 9.17) is 0 Å². The van der Waals surface area contributed by atoms with E-state index in [1.165, 1.54) is 6.08 Å². The van der Waals surface area contributed by atoms with Gasteiger partial charge in [-0.15, -0.1) is 0 Å². The fourth-order valence-electron chi connectivity index (χ4n) is 3.01. The summed E-state index contributed by atoms with van der Waals surface area (Å²) in [6.45, 7) is 2.52. The van der Waals surface area contributed by atoms with Crippen molar-refractivity contribution in [2.45, 2.75) is 38.4 Å². The molecule has 2 aliphatic rings. The Bertz CT molecular complexity index is 507. The maximum absolute atomic E-state index is 14.4. The molecule has 1 fully saturated rings. The van der Waals surface area contributed by atoms with E-state index < -0.39 is 17.6 Å². The molecular formula is C16H22F4N2. The van der Waals surface area contributed by atoms with Crippen molar-refractivity contribution in [1.29, 1.82) is 0 Å². The molecule has 2 nitrogen and oxygen atoms in total. The Balaban J connectivity index is 2.30. The van der Waals surface area contributed by atoms with E-state index in [0.717, 1.165) is 18.9 Å². The van der Waals surface area contributed by atoms with E-state index in [1.54, 1.807) is 11.8 Å². The second-order valence-electron chi connectivity index (χ2n) is 6.19. The average molecular weight is 318 g/mol. The molecule has 0 aromatic rings. The molecule has 0 saturated carbocycles. The van der Waals surface area contributed by atoms with E-state index in [0.29, 0.717) is 24.7 Å². The summed E-state index contributed by atoms with van der Waals surface area (Å²) in [4.78, 5) is 3.61. The zero-order valence-electron chi connectivity index (χ0n) is 13.2. The highest BCUT2D eigenvalue weighted by Gasteiger charge is 2.40. The molecule has 1 heterocycles. The van der Waals surface area contributed by atoms with Crippen molar-refractivity contribution in [3.8, 4) is 0 Å². The van der Waals surface area contributed by atoms with Crippen molar-refractivity contribution in [2.24, 2.45) is 0 Å². The molecule has 124 valence electrons. The minimum Gasteiger partial charge on any atom is -0.369 e. The van der Waals surface area contributed by atoms with Gasteiger partial charge in [0.2, 0.25) is 0 Å². The molecule has 0 N–H and O–H groups in total. The standard InChI is InChI=1S/C16H22F4N2/c1-11-4-5-13(16(18,19)20)15(14(17)10-11)22-8-6-12(7-9-22)21(2)3/h5,10,12H,4,6-9H2,1-3H3. The van der Waals surface area contributed by atoms with Crippen molar-refractivity contribution >= 4 is 0 Å². The number of allylic oxidation sites excluding steroid dienone is 5. The predicted octanol–water partition coefficient (Wildman–Crippen LogP) is 4.03. The Labute approximate surface area is 128 Å². The molecule has 0 amide bonds. The lowest BCUT2D eigenvalue weighted by molar-refractivity contribution is -0.0922. The van der Waals surface area contributed by atoms with Crippen molar-refractivity contribution in [2.75, 3.05) is 27.2 Å². The molecule has 0 spiro atoms. The molecule has 22 heavy (non-hydrogen) atoms. The van der Waals surface area contributed by atoms with Crippen LogP contribution < -0.4 is 0 Å². The molecule has 0 bridgehead atoms. The van der Waals surface area contributed by atoms with Gasteiger partial charge in [-0.2, -0.15) is 13.2 Å². The first-order valence-corrected chi connectivity index (χ1v) is 7.46. The summed E-state index contributed by atoms with van der Waals surface area (Å²) in [7, 11) is 3.91. The minimum absolute atomic E-state index is 0.125. The van der Waals surface area contributed by atoms with Crippen LogP contribution in [-0.2, 0) is 0 Å². The third-order valence-electron chi connectivity index (χ3n) is 4.30. The topological polar surface area (TPSA) is 6.48 Å². The lowest BCUT2D eigenvalue weighted by atomic mass is 10.0. The van der Waals surface area contributed by atoms with Gasteiger partial charge in [-0.1, -0.05) is 11.6 Å². The van der Waals surface area contributed by atoms with Crippen molar-refractivity contribution < 1.29 is 17.6 Å². The van der Waals surface area contributed by atoms with Crippen LogP contribution in [0.4, 0.5) is 17.6 Å². The van der Waals surface area contributed by atoms with Crippen LogP contribution in [0, 0.1) is 0 Å². The number of hydrogen-bond acceptors (Lipinski definition) is 2. The fourth-order valence-corrected chi connectivity index (χ4v) is 3.01. The van der Waals surface area contributed by atoms with Crippen molar-refractivity contribution in [3.63, 3.8) is 0 Å². The summed E-state index contributed by atoms with van der Waals surface area (Å²) in [6, 6.07) is 0.335. The predicted molar refractivity (Wildman–Crippen MR) is 78.9 cm³/mol. The molecule has 1 saturated heterocycles. The summed E-state index contributed by atoms with van der Waals surface area (Å²) in [5.74, 6) is -0.776. The van der Waals surface area contributed by atoms with Gasteiger partial charge in [0, 0.05) is 19.1 Å². The van der Waals surface area contributed by atoms with Gasteiger partial charge < -0.3 is 9.80 Å². The van der Waals surface area contributed by atoms with E-state index in [1.807, 2.05) is 14.1 Å². The molecule has 0 aromatic heterocycles. The van der Waals surface area contributed by atoms with Crippen LogP contribution >= 0.6 is 0 Å². The van der Waals surface area contributed by atoms with Crippen LogP contribution in [0.25, 0.3) is 0 Å². The van der Waals surface area contributed by atoms with Crippen molar-refractivity contribution in [1.82, 2.24) is 9.80 Å². The lowest BCUT2D eigenvalue weighted by Crippen LogP contribution is -2.42. The third kappa shape index (κ3) is 3.72.